The maximum Gasteiger partial charge on any atom is 0.255 e. The third-order valence-corrected chi connectivity index (χ3v) is 2.27. The van der Waals surface area contributed by atoms with Gasteiger partial charge in [-0.05, 0) is 20.8 Å². The van der Waals surface area contributed by atoms with E-state index in [9.17, 15) is 4.79 Å². The number of nitrogens with zero attached hydrogens (tertiary/aromatic N) is 2. The van der Waals surface area contributed by atoms with E-state index >= 15 is 0 Å². The second kappa shape index (κ2) is 4.00. The minimum atomic E-state index is -0.299. The Morgan fingerprint density at radius 1 is 1.47 bits per heavy atom. The quantitative estimate of drug-likeness (QED) is 0.817. The van der Waals surface area contributed by atoms with Gasteiger partial charge >= 0.3 is 0 Å². The van der Waals surface area contributed by atoms with Gasteiger partial charge in [0.05, 0.1) is 11.8 Å². The number of carbonyl (C=O) groups excluding carboxylic acids is 1. The van der Waals surface area contributed by atoms with Gasteiger partial charge < -0.3 is 10.3 Å². The summed E-state index contributed by atoms with van der Waals surface area (Å²) in [5.74, 6) is -0.194. The van der Waals surface area contributed by atoms with Crippen LogP contribution in [-0.2, 0) is 0 Å². The van der Waals surface area contributed by atoms with Crippen molar-refractivity contribution in [2.75, 3.05) is 0 Å². The number of carbonyl (C=O) groups is 1. The van der Waals surface area contributed by atoms with E-state index in [1.165, 1.54) is 6.20 Å². The molecule has 0 aliphatic rings. The maximum atomic E-state index is 12.0. The number of hydrogen-bond acceptors (Lipinski definition) is 3. The number of fused-ring (bicyclic) bond motifs is 1. The van der Waals surface area contributed by atoms with Crippen LogP contribution in [0.1, 0.15) is 31.1 Å². The summed E-state index contributed by atoms with van der Waals surface area (Å²) in [6.45, 7) is 5.75. The Kier molecular flexibility index (Phi) is 2.79. The van der Waals surface area contributed by atoms with Crippen LogP contribution in [0.2, 0.25) is 5.15 Å². The van der Waals surface area contributed by atoms with Crippen LogP contribution in [-0.4, -0.2) is 26.4 Å². The monoisotopic (exact) mass is 252 g/mol. The number of aromatic nitrogens is 3. The molecule has 2 N–H and O–H groups in total. The predicted molar refractivity (Wildman–Crippen MR) is 66.1 cm³/mol. The number of aromatic amines is 1. The first-order valence-electron chi connectivity index (χ1n) is 5.19. The second-order valence-electron chi connectivity index (χ2n) is 4.80. The SMILES string of the molecule is CC(C)(C)NC(=O)c1c[nH]c2ncc(Cl)nc12. The van der Waals surface area contributed by atoms with Gasteiger partial charge in [0, 0.05) is 11.7 Å². The lowest BCUT2D eigenvalue weighted by atomic mass is 10.1. The largest absolute Gasteiger partial charge is 0.347 e. The van der Waals surface area contributed by atoms with Crippen LogP contribution in [0.15, 0.2) is 12.4 Å². The van der Waals surface area contributed by atoms with Crippen LogP contribution >= 0.6 is 11.6 Å². The van der Waals surface area contributed by atoms with Crippen LogP contribution in [0.5, 0.6) is 0 Å². The molecule has 0 bridgehead atoms. The fraction of sp³-hybridized carbons (Fsp3) is 0.364. The number of halogens is 1. The summed E-state index contributed by atoms with van der Waals surface area (Å²) in [6.07, 6.45) is 3.02. The lowest BCUT2D eigenvalue weighted by Crippen LogP contribution is -2.40. The van der Waals surface area contributed by atoms with Crippen molar-refractivity contribution in [3.05, 3.63) is 23.1 Å². The fourth-order valence-corrected chi connectivity index (χ4v) is 1.58. The molecule has 5 nitrogen and oxygen atoms in total. The van der Waals surface area contributed by atoms with Crippen LogP contribution in [0.25, 0.3) is 11.2 Å². The predicted octanol–water partition coefficient (Wildman–Crippen LogP) is 2.14. The molecule has 0 atom stereocenters. The summed E-state index contributed by atoms with van der Waals surface area (Å²) in [5, 5.41) is 3.13. The lowest BCUT2D eigenvalue weighted by molar-refractivity contribution is 0.0921. The summed E-state index contributed by atoms with van der Waals surface area (Å²) >= 11 is 5.77. The fourth-order valence-electron chi connectivity index (χ4n) is 1.45. The zero-order valence-corrected chi connectivity index (χ0v) is 10.6. The third kappa shape index (κ3) is 2.55. The Hall–Kier alpha value is -1.62. The molecule has 0 fully saturated rings. The van der Waals surface area contributed by atoms with Crippen LogP contribution in [0.3, 0.4) is 0 Å². The molecule has 0 aliphatic carbocycles. The van der Waals surface area contributed by atoms with Gasteiger partial charge in [-0.3, -0.25) is 4.79 Å². The molecule has 0 saturated carbocycles. The van der Waals surface area contributed by atoms with E-state index in [0.29, 0.717) is 16.7 Å². The van der Waals surface area contributed by atoms with E-state index in [4.69, 9.17) is 11.6 Å². The molecule has 17 heavy (non-hydrogen) atoms. The maximum absolute atomic E-state index is 12.0. The molecule has 0 spiro atoms. The zero-order valence-electron chi connectivity index (χ0n) is 9.84. The van der Waals surface area contributed by atoms with Crippen molar-refractivity contribution < 1.29 is 4.79 Å². The van der Waals surface area contributed by atoms with Gasteiger partial charge in [-0.15, -0.1) is 0 Å². The molecule has 2 heterocycles. The normalized spacial score (nSPS) is 11.8. The Morgan fingerprint density at radius 2 is 2.18 bits per heavy atom. The number of hydrogen-bond donors (Lipinski definition) is 2. The lowest BCUT2D eigenvalue weighted by Gasteiger charge is -2.19. The van der Waals surface area contributed by atoms with E-state index in [0.717, 1.165) is 0 Å². The third-order valence-electron chi connectivity index (χ3n) is 2.08. The number of amides is 1. The molecule has 0 radical (unpaired) electrons. The van der Waals surface area contributed by atoms with Crippen molar-refractivity contribution in [1.82, 2.24) is 20.3 Å². The van der Waals surface area contributed by atoms with Crippen molar-refractivity contribution in [2.45, 2.75) is 26.3 Å². The van der Waals surface area contributed by atoms with Crippen molar-refractivity contribution >= 4 is 28.7 Å². The molecule has 0 unspecified atom stereocenters. The molecule has 0 aliphatic heterocycles. The van der Waals surface area contributed by atoms with Gasteiger partial charge in [0.1, 0.15) is 10.7 Å². The van der Waals surface area contributed by atoms with Crippen LogP contribution in [0, 0.1) is 0 Å². The summed E-state index contributed by atoms with van der Waals surface area (Å²) in [6, 6.07) is 0. The van der Waals surface area contributed by atoms with E-state index in [1.54, 1.807) is 6.20 Å². The molecule has 2 aromatic rings. The molecule has 2 aromatic heterocycles. The first-order chi connectivity index (χ1) is 7.87. The van der Waals surface area contributed by atoms with E-state index < -0.39 is 0 Å². The van der Waals surface area contributed by atoms with Crippen molar-refractivity contribution in [3.63, 3.8) is 0 Å². The Balaban J connectivity index is 2.42. The summed E-state index contributed by atoms with van der Waals surface area (Å²) in [7, 11) is 0. The molecule has 1 amide bonds. The van der Waals surface area contributed by atoms with E-state index in [-0.39, 0.29) is 16.6 Å². The first-order valence-corrected chi connectivity index (χ1v) is 5.57. The van der Waals surface area contributed by atoms with Gasteiger partial charge in [0.15, 0.2) is 5.65 Å². The second-order valence-corrected chi connectivity index (χ2v) is 5.18. The van der Waals surface area contributed by atoms with Crippen molar-refractivity contribution in [3.8, 4) is 0 Å². The van der Waals surface area contributed by atoms with Crippen molar-refractivity contribution in [1.29, 1.82) is 0 Å². The van der Waals surface area contributed by atoms with Gasteiger partial charge in [0.2, 0.25) is 0 Å². The van der Waals surface area contributed by atoms with E-state index in [1.807, 2.05) is 20.8 Å². The number of H-pyrrole nitrogens is 1. The Bertz CT molecular complexity index is 570. The van der Waals surface area contributed by atoms with Gasteiger partial charge in [-0.1, -0.05) is 11.6 Å². The molecule has 0 saturated heterocycles. The van der Waals surface area contributed by atoms with Gasteiger partial charge in [0.25, 0.3) is 5.91 Å². The van der Waals surface area contributed by atoms with E-state index in [2.05, 4.69) is 20.3 Å². The smallest absolute Gasteiger partial charge is 0.255 e. The van der Waals surface area contributed by atoms with Crippen LogP contribution < -0.4 is 5.32 Å². The highest BCUT2D eigenvalue weighted by atomic mass is 35.5. The molecule has 2 rings (SSSR count). The molecular formula is C11H13ClN4O. The molecule has 6 heteroatoms. The topological polar surface area (TPSA) is 70.7 Å². The standard InChI is InChI=1S/C11H13ClN4O/c1-11(2,3)16-10(17)6-4-13-9-8(6)15-7(12)5-14-9/h4-5H,1-3H3,(H,13,14)(H,16,17). The van der Waals surface area contributed by atoms with Gasteiger partial charge in [-0.2, -0.15) is 0 Å². The van der Waals surface area contributed by atoms with Gasteiger partial charge in [-0.25, -0.2) is 9.97 Å². The minimum absolute atomic E-state index is 0.194. The van der Waals surface area contributed by atoms with Crippen LogP contribution in [0.4, 0.5) is 0 Å². The molecule has 90 valence electrons. The first kappa shape index (κ1) is 11.9. The Labute approximate surface area is 104 Å². The highest BCUT2D eigenvalue weighted by Gasteiger charge is 2.19. The zero-order chi connectivity index (χ0) is 12.6. The average molecular weight is 253 g/mol. The Morgan fingerprint density at radius 3 is 2.82 bits per heavy atom. The summed E-state index contributed by atoms with van der Waals surface area (Å²) in [5.41, 5.74) is 1.18. The minimum Gasteiger partial charge on any atom is -0.347 e. The highest BCUT2D eigenvalue weighted by Crippen LogP contribution is 2.17. The number of nitrogens with one attached hydrogen (secondary N) is 2. The molecular weight excluding hydrogens is 240 g/mol. The molecule has 0 aromatic carbocycles. The summed E-state index contributed by atoms with van der Waals surface area (Å²) in [4.78, 5) is 23.0. The summed E-state index contributed by atoms with van der Waals surface area (Å²) < 4.78 is 0. The highest BCUT2D eigenvalue weighted by molar-refractivity contribution is 6.29. The average Bonchev–Trinajstić information content (AvgIpc) is 2.57. The van der Waals surface area contributed by atoms with Crippen molar-refractivity contribution in [2.24, 2.45) is 0 Å². The number of rotatable bonds is 1.